The van der Waals surface area contributed by atoms with Crippen LogP contribution in [0.5, 0.6) is 0 Å². The van der Waals surface area contributed by atoms with Gasteiger partial charge in [-0.25, -0.2) is 13.2 Å². The lowest BCUT2D eigenvalue weighted by Gasteiger charge is -2.17. The second-order valence-corrected chi connectivity index (χ2v) is 3.60. The molecule has 1 aromatic rings. The number of alkyl halides is 2. The topological polar surface area (TPSA) is 38.0 Å². The molecule has 0 fully saturated rings. The molecule has 0 heterocycles. The molecular formula is C11H15F3N2. The lowest BCUT2D eigenvalue weighted by molar-refractivity contribution is 0.141. The van der Waals surface area contributed by atoms with Crippen LogP contribution in [0.15, 0.2) is 18.2 Å². The summed E-state index contributed by atoms with van der Waals surface area (Å²) in [5.41, 5.74) is 6.68. The maximum absolute atomic E-state index is 13.0. The van der Waals surface area contributed by atoms with Gasteiger partial charge < -0.3 is 11.1 Å². The highest BCUT2D eigenvalue weighted by atomic mass is 19.3. The van der Waals surface area contributed by atoms with E-state index in [0.29, 0.717) is 5.56 Å². The molecule has 0 aromatic heterocycles. The number of nitrogens with one attached hydrogen (secondary N) is 1. The number of aryl methyl sites for hydroxylation is 1. The average molecular weight is 232 g/mol. The summed E-state index contributed by atoms with van der Waals surface area (Å²) in [4.78, 5) is 0. The first-order valence-electron chi connectivity index (χ1n) is 5.02. The van der Waals surface area contributed by atoms with Crippen molar-refractivity contribution < 1.29 is 13.2 Å². The Hall–Kier alpha value is -1.07. The number of rotatable bonds is 5. The third kappa shape index (κ3) is 3.50. The quantitative estimate of drug-likeness (QED) is 0.814. The van der Waals surface area contributed by atoms with Crippen molar-refractivity contribution >= 4 is 0 Å². The molecule has 1 aromatic carbocycles. The lowest BCUT2D eigenvalue weighted by Crippen LogP contribution is -2.31. The van der Waals surface area contributed by atoms with Crippen LogP contribution in [0.25, 0.3) is 0 Å². The van der Waals surface area contributed by atoms with E-state index in [0.717, 1.165) is 5.56 Å². The predicted molar refractivity (Wildman–Crippen MR) is 56.9 cm³/mol. The molecule has 90 valence electrons. The van der Waals surface area contributed by atoms with Crippen molar-refractivity contribution in [2.75, 3.05) is 13.1 Å². The van der Waals surface area contributed by atoms with Gasteiger partial charge in [-0.05, 0) is 24.1 Å². The van der Waals surface area contributed by atoms with Gasteiger partial charge in [0.15, 0.2) is 0 Å². The third-order valence-electron chi connectivity index (χ3n) is 2.34. The SMILES string of the molecule is Cc1cc(C(CN)NCC(F)F)ccc1F. The Bertz CT molecular complexity index is 342. The van der Waals surface area contributed by atoms with Crippen LogP contribution < -0.4 is 11.1 Å². The molecule has 0 bridgehead atoms. The van der Waals surface area contributed by atoms with Gasteiger partial charge in [-0.15, -0.1) is 0 Å². The zero-order chi connectivity index (χ0) is 12.1. The molecule has 0 spiro atoms. The summed E-state index contributed by atoms with van der Waals surface area (Å²) in [6.45, 7) is 1.40. The van der Waals surface area contributed by atoms with Gasteiger partial charge >= 0.3 is 0 Å². The summed E-state index contributed by atoms with van der Waals surface area (Å²) in [5.74, 6) is -0.312. The number of hydrogen-bond acceptors (Lipinski definition) is 2. The summed E-state index contributed by atoms with van der Waals surface area (Å²) >= 11 is 0. The number of benzene rings is 1. The molecular weight excluding hydrogens is 217 g/mol. The fourth-order valence-electron chi connectivity index (χ4n) is 1.45. The summed E-state index contributed by atoms with van der Waals surface area (Å²) in [6, 6.07) is 4.12. The van der Waals surface area contributed by atoms with Crippen LogP contribution in [-0.4, -0.2) is 19.5 Å². The Kier molecular flexibility index (Phi) is 4.76. The van der Waals surface area contributed by atoms with Crippen molar-refractivity contribution in [3.63, 3.8) is 0 Å². The normalized spacial score (nSPS) is 13.1. The van der Waals surface area contributed by atoms with Crippen LogP contribution in [0.2, 0.25) is 0 Å². The number of halogens is 3. The minimum atomic E-state index is -2.42. The molecule has 1 rings (SSSR count). The van der Waals surface area contributed by atoms with E-state index in [4.69, 9.17) is 5.73 Å². The van der Waals surface area contributed by atoms with Crippen LogP contribution in [0.3, 0.4) is 0 Å². The van der Waals surface area contributed by atoms with Gasteiger partial charge in [0.25, 0.3) is 6.43 Å². The monoisotopic (exact) mass is 232 g/mol. The van der Waals surface area contributed by atoms with E-state index < -0.39 is 13.0 Å². The van der Waals surface area contributed by atoms with E-state index >= 15 is 0 Å². The summed E-state index contributed by atoms with van der Waals surface area (Å²) in [5, 5.41) is 2.63. The molecule has 1 atom stereocenters. The Morgan fingerprint density at radius 3 is 2.56 bits per heavy atom. The average Bonchev–Trinajstić information content (AvgIpc) is 2.23. The van der Waals surface area contributed by atoms with Crippen LogP contribution in [0.4, 0.5) is 13.2 Å². The molecule has 5 heteroatoms. The van der Waals surface area contributed by atoms with Crippen molar-refractivity contribution in [1.82, 2.24) is 5.32 Å². The Balaban J connectivity index is 2.74. The van der Waals surface area contributed by atoms with Crippen LogP contribution >= 0.6 is 0 Å². The van der Waals surface area contributed by atoms with Crippen LogP contribution in [-0.2, 0) is 0 Å². The second kappa shape index (κ2) is 5.86. The molecule has 1 unspecified atom stereocenters. The highest BCUT2D eigenvalue weighted by Crippen LogP contribution is 2.16. The highest BCUT2D eigenvalue weighted by molar-refractivity contribution is 5.26. The molecule has 0 radical (unpaired) electrons. The molecule has 0 saturated heterocycles. The first kappa shape index (κ1) is 13.0. The van der Waals surface area contributed by atoms with Crippen molar-refractivity contribution in [2.24, 2.45) is 5.73 Å². The van der Waals surface area contributed by atoms with Gasteiger partial charge in [-0.2, -0.15) is 0 Å². The smallest absolute Gasteiger partial charge is 0.250 e. The summed E-state index contributed by atoms with van der Waals surface area (Å²) in [7, 11) is 0. The van der Waals surface area contributed by atoms with Crippen molar-refractivity contribution in [3.8, 4) is 0 Å². The van der Waals surface area contributed by atoms with E-state index in [1.807, 2.05) is 0 Å². The zero-order valence-corrected chi connectivity index (χ0v) is 9.01. The van der Waals surface area contributed by atoms with E-state index in [1.165, 1.54) is 6.07 Å². The van der Waals surface area contributed by atoms with Gasteiger partial charge in [0.2, 0.25) is 0 Å². The molecule has 0 aliphatic carbocycles. The maximum Gasteiger partial charge on any atom is 0.250 e. The minimum absolute atomic E-state index is 0.192. The standard InChI is InChI=1S/C11H15F3N2/c1-7-4-8(2-3-9(7)12)10(5-15)16-6-11(13)14/h2-4,10-11,16H,5-6,15H2,1H3. The van der Waals surface area contributed by atoms with E-state index in [9.17, 15) is 13.2 Å². The number of hydrogen-bond donors (Lipinski definition) is 2. The molecule has 2 nitrogen and oxygen atoms in total. The van der Waals surface area contributed by atoms with E-state index in [2.05, 4.69) is 5.32 Å². The van der Waals surface area contributed by atoms with Crippen LogP contribution in [0, 0.1) is 12.7 Å². The first-order chi connectivity index (χ1) is 7.54. The largest absolute Gasteiger partial charge is 0.329 e. The maximum atomic E-state index is 13.0. The fourth-order valence-corrected chi connectivity index (χ4v) is 1.45. The van der Waals surface area contributed by atoms with Gasteiger partial charge in [0.05, 0.1) is 6.54 Å². The highest BCUT2D eigenvalue weighted by Gasteiger charge is 2.12. The second-order valence-electron chi connectivity index (χ2n) is 3.60. The fraction of sp³-hybridized carbons (Fsp3) is 0.455. The Labute approximate surface area is 92.6 Å². The molecule has 3 N–H and O–H groups in total. The van der Waals surface area contributed by atoms with E-state index in [1.54, 1.807) is 19.1 Å². The lowest BCUT2D eigenvalue weighted by atomic mass is 10.0. The van der Waals surface area contributed by atoms with Gasteiger partial charge in [-0.1, -0.05) is 12.1 Å². The van der Waals surface area contributed by atoms with Crippen molar-refractivity contribution in [2.45, 2.75) is 19.4 Å². The summed E-state index contributed by atoms with van der Waals surface area (Å²) < 4.78 is 37.1. The molecule has 0 saturated carbocycles. The zero-order valence-electron chi connectivity index (χ0n) is 9.01. The Morgan fingerprint density at radius 1 is 1.38 bits per heavy atom. The minimum Gasteiger partial charge on any atom is -0.329 e. The molecule has 0 aliphatic rings. The van der Waals surface area contributed by atoms with Gasteiger partial charge in [0.1, 0.15) is 5.82 Å². The van der Waals surface area contributed by atoms with Gasteiger partial charge in [0, 0.05) is 12.6 Å². The third-order valence-corrected chi connectivity index (χ3v) is 2.34. The molecule has 0 aliphatic heterocycles. The number of nitrogens with two attached hydrogens (primary N) is 1. The first-order valence-corrected chi connectivity index (χ1v) is 5.02. The molecule has 16 heavy (non-hydrogen) atoms. The van der Waals surface area contributed by atoms with Crippen molar-refractivity contribution in [1.29, 1.82) is 0 Å². The van der Waals surface area contributed by atoms with E-state index in [-0.39, 0.29) is 18.4 Å². The predicted octanol–water partition coefficient (Wildman–Crippen LogP) is 1.99. The van der Waals surface area contributed by atoms with Crippen molar-refractivity contribution in [3.05, 3.63) is 35.1 Å². The van der Waals surface area contributed by atoms with Crippen LogP contribution in [0.1, 0.15) is 17.2 Å². The van der Waals surface area contributed by atoms with Gasteiger partial charge in [-0.3, -0.25) is 0 Å². The molecule has 0 amide bonds. The Morgan fingerprint density at radius 2 is 2.06 bits per heavy atom. The summed E-state index contributed by atoms with van der Waals surface area (Å²) in [6.07, 6.45) is -2.42.